The lowest BCUT2D eigenvalue weighted by Gasteiger charge is -2.18. The van der Waals surface area contributed by atoms with Crippen molar-refractivity contribution in [1.29, 1.82) is 0 Å². The molecule has 0 N–H and O–H groups in total. The first-order chi connectivity index (χ1) is 5.33. The number of carbonyl (C=O) groups is 1. The number of carbonyl (C=O) groups excluding carboxylic acids is 1. The van der Waals surface area contributed by atoms with Crippen molar-refractivity contribution in [2.75, 3.05) is 5.75 Å². The normalized spacial score (nSPS) is 29.7. The van der Waals surface area contributed by atoms with E-state index < -0.39 is 0 Å². The average molecular weight is 168 g/mol. The maximum Gasteiger partial charge on any atom is 0.136 e. The van der Waals surface area contributed by atoms with Gasteiger partial charge in [0.15, 0.2) is 0 Å². The van der Waals surface area contributed by atoms with Gasteiger partial charge in [0.2, 0.25) is 0 Å². The van der Waals surface area contributed by atoms with Crippen LogP contribution in [0.3, 0.4) is 0 Å². The maximum atomic E-state index is 10.7. The zero-order valence-electron chi connectivity index (χ0n) is 6.51. The Morgan fingerprint density at radius 1 is 1.73 bits per heavy atom. The summed E-state index contributed by atoms with van der Waals surface area (Å²) in [5.41, 5.74) is 0. The summed E-state index contributed by atoms with van der Waals surface area (Å²) >= 11 is 1.77. The van der Waals surface area contributed by atoms with Gasteiger partial charge in [-0.3, -0.25) is 0 Å². The van der Waals surface area contributed by atoms with Crippen molar-refractivity contribution in [2.24, 2.45) is 0 Å². The minimum atomic E-state index is -0.119. The molecular weight excluding hydrogens is 156 g/mol. The van der Waals surface area contributed by atoms with Crippen molar-refractivity contribution in [1.82, 2.24) is 0 Å². The van der Waals surface area contributed by atoms with E-state index in [0.29, 0.717) is 0 Å². The van der Waals surface area contributed by atoms with Gasteiger partial charge in [0.25, 0.3) is 0 Å². The Morgan fingerprint density at radius 2 is 2.55 bits per heavy atom. The maximum absolute atomic E-state index is 10.7. The molecule has 0 aromatic rings. The van der Waals surface area contributed by atoms with Crippen LogP contribution >= 0.6 is 11.8 Å². The molecule has 60 valence electrons. The van der Waals surface area contributed by atoms with Crippen LogP contribution in [0.25, 0.3) is 0 Å². The van der Waals surface area contributed by atoms with Crippen molar-refractivity contribution in [2.45, 2.75) is 30.4 Å². The topological polar surface area (TPSA) is 17.1 Å². The van der Waals surface area contributed by atoms with E-state index in [1.807, 2.05) is 0 Å². The lowest BCUT2D eigenvalue weighted by Crippen LogP contribution is -2.22. The Bertz CT molecular complexity index is 174. The number of hydrogen-bond donors (Lipinski definition) is 0. The summed E-state index contributed by atoms with van der Waals surface area (Å²) in [7, 11) is 0. The summed E-state index contributed by atoms with van der Waals surface area (Å²) in [5.74, 6) is 3.70. The summed E-state index contributed by atoms with van der Waals surface area (Å²) < 4.78 is -0.119. The smallest absolute Gasteiger partial charge is 0.136 e. The Hall–Kier alpha value is -0.420. The molecular formula is C9H12OS. The summed E-state index contributed by atoms with van der Waals surface area (Å²) in [6.07, 6.45) is 9.99. The SMILES string of the molecule is C#CCCC1(C=O)CCCS1. The van der Waals surface area contributed by atoms with E-state index in [1.54, 1.807) is 11.8 Å². The third kappa shape index (κ3) is 2.00. The molecule has 0 aliphatic carbocycles. The standard InChI is InChI=1S/C9H12OS/c1-2-3-5-9(8-10)6-4-7-11-9/h1,8H,3-7H2. The van der Waals surface area contributed by atoms with Crippen molar-refractivity contribution < 1.29 is 4.79 Å². The second-order valence-corrected chi connectivity index (χ2v) is 4.35. The van der Waals surface area contributed by atoms with Crippen molar-refractivity contribution in [3.8, 4) is 12.3 Å². The van der Waals surface area contributed by atoms with E-state index in [1.165, 1.54) is 0 Å². The van der Waals surface area contributed by atoms with E-state index in [9.17, 15) is 4.79 Å². The highest BCUT2D eigenvalue weighted by molar-refractivity contribution is 8.01. The van der Waals surface area contributed by atoms with E-state index in [4.69, 9.17) is 6.42 Å². The van der Waals surface area contributed by atoms with Crippen LogP contribution in [0.2, 0.25) is 0 Å². The lowest BCUT2D eigenvalue weighted by molar-refractivity contribution is -0.110. The van der Waals surface area contributed by atoms with E-state index >= 15 is 0 Å². The van der Waals surface area contributed by atoms with Gasteiger partial charge in [-0.1, -0.05) is 0 Å². The molecule has 11 heavy (non-hydrogen) atoms. The molecule has 1 fully saturated rings. The van der Waals surface area contributed by atoms with Gasteiger partial charge >= 0.3 is 0 Å². The lowest BCUT2D eigenvalue weighted by atomic mass is 9.99. The van der Waals surface area contributed by atoms with Crippen LogP contribution in [0.1, 0.15) is 25.7 Å². The molecule has 0 aromatic heterocycles. The van der Waals surface area contributed by atoms with Crippen molar-refractivity contribution >= 4 is 18.0 Å². The van der Waals surface area contributed by atoms with Gasteiger partial charge < -0.3 is 4.79 Å². The van der Waals surface area contributed by atoms with Gasteiger partial charge in [0.05, 0.1) is 4.75 Å². The fourth-order valence-corrected chi connectivity index (χ4v) is 2.65. The molecule has 1 saturated heterocycles. The second-order valence-electron chi connectivity index (χ2n) is 2.84. The quantitative estimate of drug-likeness (QED) is 0.472. The van der Waals surface area contributed by atoms with Crippen LogP contribution in [0.15, 0.2) is 0 Å². The molecule has 1 atom stereocenters. The minimum absolute atomic E-state index is 0.119. The fourth-order valence-electron chi connectivity index (χ4n) is 1.35. The Kier molecular flexibility index (Phi) is 3.02. The second kappa shape index (κ2) is 3.82. The van der Waals surface area contributed by atoms with Gasteiger partial charge in [0, 0.05) is 6.42 Å². The van der Waals surface area contributed by atoms with Crippen molar-refractivity contribution in [3.63, 3.8) is 0 Å². The van der Waals surface area contributed by atoms with E-state index in [-0.39, 0.29) is 4.75 Å². The summed E-state index contributed by atoms with van der Waals surface area (Å²) in [4.78, 5) is 10.7. The predicted octanol–water partition coefficient (Wildman–Crippen LogP) is 1.86. The molecule has 2 heteroatoms. The molecule has 0 bridgehead atoms. The molecule has 1 heterocycles. The molecule has 1 unspecified atom stereocenters. The number of hydrogen-bond acceptors (Lipinski definition) is 2. The molecule has 0 saturated carbocycles. The summed E-state index contributed by atoms with van der Waals surface area (Å²) in [6, 6.07) is 0. The number of aldehydes is 1. The molecule has 1 aliphatic rings. The molecule has 1 aliphatic heterocycles. The first-order valence-electron chi connectivity index (χ1n) is 3.87. The highest BCUT2D eigenvalue weighted by Crippen LogP contribution is 2.39. The van der Waals surface area contributed by atoms with Gasteiger partial charge in [-0.15, -0.1) is 24.1 Å². The van der Waals surface area contributed by atoms with Crippen LogP contribution in [0, 0.1) is 12.3 Å². The first kappa shape index (κ1) is 8.67. The molecule has 0 spiro atoms. The Labute approximate surface area is 71.9 Å². The van der Waals surface area contributed by atoms with Crippen LogP contribution in [-0.4, -0.2) is 16.8 Å². The largest absolute Gasteiger partial charge is 0.302 e. The molecule has 0 aromatic carbocycles. The van der Waals surface area contributed by atoms with Gasteiger partial charge in [0.1, 0.15) is 6.29 Å². The number of terminal acetylenes is 1. The highest BCUT2D eigenvalue weighted by Gasteiger charge is 2.33. The number of rotatable bonds is 3. The van der Waals surface area contributed by atoms with Gasteiger partial charge in [-0.25, -0.2) is 0 Å². The molecule has 1 rings (SSSR count). The van der Waals surface area contributed by atoms with E-state index in [2.05, 4.69) is 5.92 Å². The van der Waals surface area contributed by atoms with Crippen LogP contribution in [0.5, 0.6) is 0 Å². The minimum Gasteiger partial charge on any atom is -0.302 e. The monoisotopic (exact) mass is 168 g/mol. The van der Waals surface area contributed by atoms with Crippen LogP contribution in [0.4, 0.5) is 0 Å². The zero-order chi connectivity index (χ0) is 8.16. The van der Waals surface area contributed by atoms with E-state index in [0.717, 1.165) is 37.7 Å². The molecule has 0 amide bonds. The van der Waals surface area contributed by atoms with Crippen LogP contribution in [-0.2, 0) is 4.79 Å². The number of thioether (sulfide) groups is 1. The molecule has 1 nitrogen and oxygen atoms in total. The highest BCUT2D eigenvalue weighted by atomic mass is 32.2. The predicted molar refractivity (Wildman–Crippen MR) is 48.6 cm³/mol. The van der Waals surface area contributed by atoms with Crippen LogP contribution < -0.4 is 0 Å². The fraction of sp³-hybridized carbons (Fsp3) is 0.667. The third-order valence-electron chi connectivity index (χ3n) is 2.04. The van der Waals surface area contributed by atoms with Gasteiger partial charge in [-0.2, -0.15) is 0 Å². The average Bonchev–Trinajstić information content (AvgIpc) is 2.50. The Morgan fingerprint density at radius 3 is 3.00 bits per heavy atom. The Balaban J connectivity index is 2.47. The summed E-state index contributed by atoms with van der Waals surface area (Å²) in [5, 5.41) is 0. The summed E-state index contributed by atoms with van der Waals surface area (Å²) in [6.45, 7) is 0. The first-order valence-corrected chi connectivity index (χ1v) is 4.85. The molecule has 0 radical (unpaired) electrons. The third-order valence-corrected chi connectivity index (χ3v) is 3.61. The van der Waals surface area contributed by atoms with Crippen molar-refractivity contribution in [3.05, 3.63) is 0 Å². The van der Waals surface area contributed by atoms with Gasteiger partial charge in [-0.05, 0) is 25.0 Å². The zero-order valence-corrected chi connectivity index (χ0v) is 7.32.